The highest BCUT2D eigenvalue weighted by Gasteiger charge is 2.36. The van der Waals surface area contributed by atoms with Crippen LogP contribution in [0.15, 0.2) is 17.5 Å². The fraction of sp³-hybridized carbons (Fsp3) is 0.625. The Bertz CT molecular complexity index is 648. The van der Waals surface area contributed by atoms with Gasteiger partial charge >= 0.3 is 0 Å². The molecule has 24 heavy (non-hydrogen) atoms. The summed E-state index contributed by atoms with van der Waals surface area (Å²) < 4.78 is 1.71. The summed E-state index contributed by atoms with van der Waals surface area (Å²) in [7, 11) is 1.84. The number of aromatic nitrogens is 2. The Morgan fingerprint density at radius 1 is 1.50 bits per heavy atom. The van der Waals surface area contributed by atoms with Crippen LogP contribution >= 0.6 is 0 Å². The van der Waals surface area contributed by atoms with Crippen LogP contribution in [0, 0.1) is 5.92 Å². The number of nitrogens with one attached hydrogen (secondary N) is 2. The summed E-state index contributed by atoms with van der Waals surface area (Å²) in [5, 5.41) is 20.8. The van der Waals surface area contributed by atoms with E-state index in [0.29, 0.717) is 38.5 Å². The minimum Gasteiger partial charge on any atom is -0.393 e. The Morgan fingerprint density at radius 3 is 2.88 bits per heavy atom. The van der Waals surface area contributed by atoms with Crippen LogP contribution in [0.3, 0.4) is 0 Å². The van der Waals surface area contributed by atoms with Crippen LogP contribution in [0.2, 0.25) is 0 Å². The molecule has 1 aliphatic carbocycles. The van der Waals surface area contributed by atoms with Gasteiger partial charge in [0.05, 0.1) is 18.3 Å². The van der Waals surface area contributed by atoms with Gasteiger partial charge in [-0.25, -0.2) is 5.43 Å². The van der Waals surface area contributed by atoms with Crippen molar-refractivity contribution in [2.24, 2.45) is 18.1 Å². The van der Waals surface area contributed by atoms with Gasteiger partial charge in [-0.2, -0.15) is 10.2 Å². The van der Waals surface area contributed by atoms with E-state index in [9.17, 15) is 14.7 Å². The molecule has 8 nitrogen and oxygen atoms in total. The van der Waals surface area contributed by atoms with E-state index in [1.165, 1.54) is 0 Å². The zero-order chi connectivity index (χ0) is 17.1. The maximum absolute atomic E-state index is 12.3. The molecule has 1 aliphatic heterocycles. The SMILES string of the molecule is Cn1cc([C@@H](NC(=O)CCC2=NNC(=O)CC2)C2CC(O)C2)cn1. The van der Waals surface area contributed by atoms with Crippen molar-refractivity contribution in [2.75, 3.05) is 0 Å². The van der Waals surface area contributed by atoms with Gasteiger partial charge in [0, 0.05) is 37.4 Å². The van der Waals surface area contributed by atoms with E-state index in [1.54, 1.807) is 10.9 Å². The Kier molecular flexibility index (Phi) is 4.94. The van der Waals surface area contributed by atoms with Crippen LogP contribution in [0.25, 0.3) is 0 Å². The summed E-state index contributed by atoms with van der Waals surface area (Å²) in [4.78, 5) is 23.4. The first-order chi connectivity index (χ1) is 11.5. The number of hydrogen-bond donors (Lipinski definition) is 3. The molecule has 1 saturated carbocycles. The number of aliphatic hydroxyl groups excluding tert-OH is 1. The van der Waals surface area contributed by atoms with E-state index in [2.05, 4.69) is 20.9 Å². The largest absolute Gasteiger partial charge is 0.393 e. The standard InChI is InChI=1S/C16H23N5O3/c1-21-9-11(8-17-21)16(10-6-13(22)7-10)18-14(23)4-2-12-3-5-15(24)20-19-12/h8-10,13,16,22H,2-7H2,1H3,(H,18,23)(H,20,24)/t10?,13?,16-/m0/s1. The third kappa shape index (κ3) is 4.00. The lowest BCUT2D eigenvalue weighted by Crippen LogP contribution is -2.41. The summed E-state index contributed by atoms with van der Waals surface area (Å²) in [5.74, 6) is 0.104. The molecule has 0 saturated heterocycles. The van der Waals surface area contributed by atoms with Gasteiger partial charge < -0.3 is 10.4 Å². The average molecular weight is 333 g/mol. The second-order valence-electron chi connectivity index (χ2n) is 6.59. The molecule has 0 aromatic carbocycles. The number of carbonyl (C=O) groups is 2. The molecule has 2 amide bonds. The van der Waals surface area contributed by atoms with Gasteiger partial charge in [-0.15, -0.1) is 0 Å². The first-order valence-electron chi connectivity index (χ1n) is 8.31. The van der Waals surface area contributed by atoms with Gasteiger partial charge in [0.25, 0.3) is 0 Å². The van der Waals surface area contributed by atoms with Crippen molar-refractivity contribution >= 4 is 17.5 Å². The van der Waals surface area contributed by atoms with E-state index in [0.717, 1.165) is 11.3 Å². The molecule has 0 bridgehead atoms. The maximum Gasteiger partial charge on any atom is 0.240 e. The molecule has 0 spiro atoms. The van der Waals surface area contributed by atoms with Crippen LogP contribution in [0.5, 0.6) is 0 Å². The van der Waals surface area contributed by atoms with Crippen molar-refractivity contribution in [2.45, 2.75) is 50.7 Å². The molecule has 1 fully saturated rings. The van der Waals surface area contributed by atoms with Gasteiger partial charge in [0.15, 0.2) is 0 Å². The van der Waals surface area contributed by atoms with Gasteiger partial charge in [-0.05, 0) is 31.6 Å². The molecule has 1 aromatic rings. The molecular weight excluding hydrogens is 310 g/mol. The first-order valence-corrected chi connectivity index (χ1v) is 8.31. The predicted octanol–water partition coefficient (Wildman–Crippen LogP) is 0.394. The molecule has 0 unspecified atom stereocenters. The van der Waals surface area contributed by atoms with Crippen molar-refractivity contribution in [3.8, 4) is 0 Å². The lowest BCUT2D eigenvalue weighted by atomic mass is 9.75. The second-order valence-corrected chi connectivity index (χ2v) is 6.59. The highest BCUT2D eigenvalue weighted by molar-refractivity contribution is 5.94. The van der Waals surface area contributed by atoms with Crippen LogP contribution in [0.1, 0.15) is 50.1 Å². The second kappa shape index (κ2) is 7.12. The molecule has 0 radical (unpaired) electrons. The van der Waals surface area contributed by atoms with Gasteiger partial charge in [0.2, 0.25) is 11.8 Å². The summed E-state index contributed by atoms with van der Waals surface area (Å²) in [6.45, 7) is 0. The van der Waals surface area contributed by atoms with Gasteiger partial charge in [-0.3, -0.25) is 14.3 Å². The lowest BCUT2D eigenvalue weighted by Gasteiger charge is -2.37. The van der Waals surface area contributed by atoms with E-state index in [-0.39, 0.29) is 29.9 Å². The van der Waals surface area contributed by atoms with Crippen LogP contribution in [0.4, 0.5) is 0 Å². The van der Waals surface area contributed by atoms with Crippen molar-refractivity contribution < 1.29 is 14.7 Å². The third-order valence-electron chi connectivity index (χ3n) is 4.64. The monoisotopic (exact) mass is 333 g/mol. The van der Waals surface area contributed by atoms with E-state index >= 15 is 0 Å². The molecule has 2 aliphatic rings. The maximum atomic E-state index is 12.3. The molecule has 3 rings (SSSR count). The normalized spacial score (nSPS) is 24.6. The van der Waals surface area contributed by atoms with Crippen LogP contribution < -0.4 is 10.7 Å². The minimum atomic E-state index is -0.272. The number of nitrogens with zero attached hydrogens (tertiary/aromatic N) is 3. The van der Waals surface area contributed by atoms with E-state index in [4.69, 9.17) is 0 Å². The zero-order valence-corrected chi connectivity index (χ0v) is 13.7. The predicted molar refractivity (Wildman–Crippen MR) is 86.9 cm³/mol. The summed E-state index contributed by atoms with van der Waals surface area (Å²) in [6, 6.07) is -0.123. The molecule has 130 valence electrons. The summed E-state index contributed by atoms with van der Waals surface area (Å²) in [5.41, 5.74) is 4.26. The molecule has 1 atom stereocenters. The van der Waals surface area contributed by atoms with E-state index < -0.39 is 0 Å². The Labute approximate surface area is 140 Å². The first kappa shape index (κ1) is 16.6. The zero-order valence-electron chi connectivity index (χ0n) is 13.7. The molecule has 3 N–H and O–H groups in total. The van der Waals surface area contributed by atoms with E-state index in [1.807, 2.05) is 13.2 Å². The molecule has 1 aromatic heterocycles. The van der Waals surface area contributed by atoms with Crippen molar-refractivity contribution in [1.29, 1.82) is 0 Å². The average Bonchev–Trinajstić information content (AvgIpc) is 2.96. The Hall–Kier alpha value is -2.22. The van der Waals surface area contributed by atoms with Crippen LogP contribution in [-0.2, 0) is 16.6 Å². The summed E-state index contributed by atoms with van der Waals surface area (Å²) >= 11 is 0. The van der Waals surface area contributed by atoms with Crippen molar-refractivity contribution in [3.05, 3.63) is 18.0 Å². The number of rotatable bonds is 6. The molecule has 8 heteroatoms. The fourth-order valence-corrected chi connectivity index (χ4v) is 3.17. The lowest BCUT2D eigenvalue weighted by molar-refractivity contribution is -0.123. The Morgan fingerprint density at radius 2 is 2.29 bits per heavy atom. The Balaban J connectivity index is 1.56. The highest BCUT2D eigenvalue weighted by Crippen LogP contribution is 2.38. The minimum absolute atomic E-state index is 0.0511. The van der Waals surface area contributed by atoms with Gasteiger partial charge in [0.1, 0.15) is 0 Å². The number of amides is 2. The molecule has 2 heterocycles. The fourth-order valence-electron chi connectivity index (χ4n) is 3.17. The van der Waals surface area contributed by atoms with Crippen molar-refractivity contribution in [3.63, 3.8) is 0 Å². The highest BCUT2D eigenvalue weighted by atomic mass is 16.3. The quantitative estimate of drug-likeness (QED) is 0.700. The third-order valence-corrected chi connectivity index (χ3v) is 4.64. The number of carbonyl (C=O) groups excluding carboxylic acids is 2. The van der Waals surface area contributed by atoms with Crippen LogP contribution in [-0.4, -0.2) is 38.5 Å². The van der Waals surface area contributed by atoms with Gasteiger partial charge in [-0.1, -0.05) is 0 Å². The number of aryl methyl sites for hydroxylation is 1. The summed E-state index contributed by atoms with van der Waals surface area (Å²) in [6.07, 6.45) is 6.69. The smallest absolute Gasteiger partial charge is 0.240 e. The number of hydrogen-bond acceptors (Lipinski definition) is 5. The molecular formula is C16H23N5O3. The van der Waals surface area contributed by atoms with Crippen molar-refractivity contribution in [1.82, 2.24) is 20.5 Å². The number of hydrazone groups is 1. The topological polar surface area (TPSA) is 109 Å². The number of aliphatic hydroxyl groups is 1.